The average Bonchev–Trinajstić information content (AvgIpc) is 2.76. The number of primary amides is 2. The van der Waals surface area contributed by atoms with E-state index in [1.807, 2.05) is 0 Å². The number of benzene rings is 1. The molecule has 0 unspecified atom stereocenters. The van der Waals surface area contributed by atoms with E-state index in [1.54, 1.807) is 0 Å². The molecule has 0 radical (unpaired) electrons. The van der Waals surface area contributed by atoms with Crippen LogP contribution in [0.3, 0.4) is 0 Å². The zero-order chi connectivity index (χ0) is 14.9. The Morgan fingerprint density at radius 2 is 1.80 bits per heavy atom. The smallest absolute Gasteiger partial charge is 0.317 e. The number of halogens is 2. The van der Waals surface area contributed by atoms with Gasteiger partial charge in [0, 0.05) is 4.88 Å². The third kappa shape index (κ3) is 2.75. The number of nitrogens with one attached hydrogen (secondary N) is 1. The first-order chi connectivity index (χ1) is 9.38. The Hall–Kier alpha value is -2.48. The lowest BCUT2D eigenvalue weighted by Crippen LogP contribution is -2.21. The number of rotatable bonds is 3. The van der Waals surface area contributed by atoms with E-state index >= 15 is 0 Å². The fourth-order valence-electron chi connectivity index (χ4n) is 1.57. The number of carbonyl (C=O) groups is 2. The van der Waals surface area contributed by atoms with Crippen LogP contribution in [-0.2, 0) is 0 Å². The standard InChI is InChI=1S/C12H9F2N3O2S/c13-7-2-1-5(3-8(7)14)9-4-6(10(15)18)11(20-9)17-12(16)19/h1-4H,(H2,15,18)(H3,16,17,19). The zero-order valence-corrected chi connectivity index (χ0v) is 10.8. The van der Waals surface area contributed by atoms with Crippen molar-refractivity contribution >= 4 is 28.3 Å². The normalized spacial score (nSPS) is 10.3. The van der Waals surface area contributed by atoms with Crippen molar-refractivity contribution in [2.45, 2.75) is 0 Å². The van der Waals surface area contributed by atoms with Gasteiger partial charge in [-0.15, -0.1) is 11.3 Å². The maximum atomic E-state index is 13.2. The zero-order valence-electron chi connectivity index (χ0n) is 9.94. The maximum Gasteiger partial charge on any atom is 0.317 e. The molecule has 0 aliphatic rings. The summed E-state index contributed by atoms with van der Waals surface area (Å²) in [5.74, 6) is -2.75. The van der Waals surface area contributed by atoms with E-state index in [1.165, 1.54) is 12.1 Å². The highest BCUT2D eigenvalue weighted by atomic mass is 32.1. The van der Waals surface area contributed by atoms with Crippen LogP contribution in [0.2, 0.25) is 0 Å². The van der Waals surface area contributed by atoms with Crippen molar-refractivity contribution in [2.75, 3.05) is 5.32 Å². The summed E-state index contributed by atoms with van der Waals surface area (Å²) in [7, 11) is 0. The number of urea groups is 1. The van der Waals surface area contributed by atoms with Crippen LogP contribution >= 0.6 is 11.3 Å². The highest BCUT2D eigenvalue weighted by Crippen LogP contribution is 2.35. The predicted octanol–water partition coefficient (Wildman–Crippen LogP) is 2.28. The molecule has 2 rings (SSSR count). The van der Waals surface area contributed by atoms with E-state index in [2.05, 4.69) is 5.32 Å². The fourth-order valence-corrected chi connectivity index (χ4v) is 2.63. The van der Waals surface area contributed by atoms with Gasteiger partial charge in [-0.05, 0) is 23.8 Å². The highest BCUT2D eigenvalue weighted by molar-refractivity contribution is 7.20. The van der Waals surface area contributed by atoms with Gasteiger partial charge >= 0.3 is 6.03 Å². The third-order valence-electron chi connectivity index (χ3n) is 2.44. The van der Waals surface area contributed by atoms with Crippen LogP contribution in [0.5, 0.6) is 0 Å². The molecular formula is C12H9F2N3O2S. The topological polar surface area (TPSA) is 98.2 Å². The molecule has 3 amide bonds. The first-order valence-corrected chi connectivity index (χ1v) is 6.15. The van der Waals surface area contributed by atoms with Gasteiger partial charge < -0.3 is 11.5 Å². The van der Waals surface area contributed by atoms with Crippen molar-refractivity contribution < 1.29 is 18.4 Å². The molecule has 1 aromatic carbocycles. The highest BCUT2D eigenvalue weighted by Gasteiger charge is 2.16. The molecule has 0 fully saturated rings. The molecule has 0 aliphatic carbocycles. The lowest BCUT2D eigenvalue weighted by atomic mass is 10.1. The quantitative estimate of drug-likeness (QED) is 0.810. The molecule has 5 N–H and O–H groups in total. The Labute approximate surface area is 116 Å². The van der Waals surface area contributed by atoms with Crippen LogP contribution in [0.15, 0.2) is 24.3 Å². The Kier molecular flexibility index (Phi) is 3.66. The van der Waals surface area contributed by atoms with Gasteiger partial charge in [0.2, 0.25) is 0 Å². The molecule has 1 aromatic heterocycles. The second-order valence-electron chi connectivity index (χ2n) is 3.84. The molecule has 0 spiro atoms. The molecule has 0 aliphatic heterocycles. The molecule has 20 heavy (non-hydrogen) atoms. The van der Waals surface area contributed by atoms with E-state index in [-0.39, 0.29) is 10.6 Å². The lowest BCUT2D eigenvalue weighted by molar-refractivity contribution is 0.100. The van der Waals surface area contributed by atoms with Crippen molar-refractivity contribution in [3.8, 4) is 10.4 Å². The van der Waals surface area contributed by atoms with Crippen molar-refractivity contribution in [1.82, 2.24) is 0 Å². The monoisotopic (exact) mass is 297 g/mol. The Bertz CT molecular complexity index is 700. The largest absolute Gasteiger partial charge is 0.366 e. The van der Waals surface area contributed by atoms with Crippen LogP contribution in [0.25, 0.3) is 10.4 Å². The van der Waals surface area contributed by atoms with Crippen molar-refractivity contribution in [3.05, 3.63) is 41.5 Å². The number of hydrogen-bond acceptors (Lipinski definition) is 3. The molecule has 0 bridgehead atoms. The van der Waals surface area contributed by atoms with E-state index < -0.39 is 23.6 Å². The maximum absolute atomic E-state index is 13.2. The second-order valence-corrected chi connectivity index (χ2v) is 4.89. The van der Waals surface area contributed by atoms with Crippen LogP contribution < -0.4 is 16.8 Å². The fraction of sp³-hybridized carbons (Fsp3) is 0. The summed E-state index contributed by atoms with van der Waals surface area (Å²) in [5.41, 5.74) is 10.6. The Morgan fingerprint density at radius 1 is 1.10 bits per heavy atom. The summed E-state index contributed by atoms with van der Waals surface area (Å²) in [4.78, 5) is 22.6. The average molecular weight is 297 g/mol. The lowest BCUT2D eigenvalue weighted by Gasteiger charge is -1.99. The van der Waals surface area contributed by atoms with Gasteiger partial charge in [-0.2, -0.15) is 0 Å². The number of amides is 3. The minimum absolute atomic E-state index is 0.0496. The van der Waals surface area contributed by atoms with Gasteiger partial charge in [0.05, 0.1) is 5.56 Å². The van der Waals surface area contributed by atoms with Gasteiger partial charge in [0.1, 0.15) is 5.00 Å². The molecule has 104 valence electrons. The minimum Gasteiger partial charge on any atom is -0.366 e. The van der Waals surface area contributed by atoms with E-state index in [9.17, 15) is 18.4 Å². The molecule has 2 aromatic rings. The van der Waals surface area contributed by atoms with Crippen molar-refractivity contribution in [2.24, 2.45) is 11.5 Å². The minimum atomic E-state index is -1.01. The summed E-state index contributed by atoms with van der Waals surface area (Å²) in [6.07, 6.45) is 0. The molecule has 5 nitrogen and oxygen atoms in total. The van der Waals surface area contributed by atoms with Crippen LogP contribution in [-0.4, -0.2) is 11.9 Å². The first-order valence-electron chi connectivity index (χ1n) is 5.34. The molecule has 1 heterocycles. The van der Waals surface area contributed by atoms with Gasteiger partial charge in [-0.3, -0.25) is 10.1 Å². The molecule has 8 heteroatoms. The first kappa shape index (κ1) is 13.9. The third-order valence-corrected chi connectivity index (χ3v) is 3.54. The summed E-state index contributed by atoms with van der Waals surface area (Å²) >= 11 is 0.982. The van der Waals surface area contributed by atoms with E-state index in [0.29, 0.717) is 10.4 Å². The van der Waals surface area contributed by atoms with Gasteiger partial charge in [0.25, 0.3) is 5.91 Å². The summed E-state index contributed by atoms with van der Waals surface area (Å²) in [6, 6.07) is 3.83. The van der Waals surface area contributed by atoms with E-state index in [0.717, 1.165) is 23.5 Å². The van der Waals surface area contributed by atoms with Crippen LogP contribution in [0, 0.1) is 11.6 Å². The molecular weight excluding hydrogens is 288 g/mol. The van der Waals surface area contributed by atoms with Gasteiger partial charge in [-0.25, -0.2) is 13.6 Å². The molecule has 0 saturated carbocycles. The van der Waals surface area contributed by atoms with E-state index in [4.69, 9.17) is 11.5 Å². The molecule has 0 atom stereocenters. The summed E-state index contributed by atoms with van der Waals surface area (Å²) < 4.78 is 26.1. The second kappa shape index (κ2) is 5.25. The summed E-state index contributed by atoms with van der Waals surface area (Å²) in [6.45, 7) is 0. The van der Waals surface area contributed by atoms with Crippen LogP contribution in [0.1, 0.15) is 10.4 Å². The predicted molar refractivity (Wildman–Crippen MR) is 71.4 cm³/mol. The number of anilines is 1. The van der Waals surface area contributed by atoms with Crippen molar-refractivity contribution in [1.29, 1.82) is 0 Å². The van der Waals surface area contributed by atoms with Crippen LogP contribution in [0.4, 0.5) is 18.6 Å². The van der Waals surface area contributed by atoms with Crippen molar-refractivity contribution in [3.63, 3.8) is 0 Å². The SMILES string of the molecule is NC(=O)Nc1sc(-c2ccc(F)c(F)c2)cc1C(N)=O. The molecule has 0 saturated heterocycles. The van der Waals surface area contributed by atoms with Gasteiger partial charge in [0.15, 0.2) is 11.6 Å². The summed E-state index contributed by atoms with van der Waals surface area (Å²) in [5, 5.41) is 2.42. The number of hydrogen-bond donors (Lipinski definition) is 3. The van der Waals surface area contributed by atoms with Gasteiger partial charge in [-0.1, -0.05) is 6.07 Å². The Balaban J connectivity index is 2.49. The number of carbonyl (C=O) groups excluding carboxylic acids is 2. The number of thiophene rings is 1. The Morgan fingerprint density at radius 3 is 2.35 bits per heavy atom. The number of nitrogens with two attached hydrogens (primary N) is 2.